The van der Waals surface area contributed by atoms with Crippen LogP contribution in [-0.2, 0) is 21.8 Å². The monoisotopic (exact) mass is 449 g/mol. The third-order valence-corrected chi connectivity index (χ3v) is 8.26. The van der Waals surface area contributed by atoms with Crippen LogP contribution in [0.5, 0.6) is 0 Å². The molecular formula is C24H32ClNO3S. The molecule has 0 radical (unpaired) electrons. The minimum atomic E-state index is -3.18. The van der Waals surface area contributed by atoms with E-state index in [4.69, 9.17) is 11.6 Å². The van der Waals surface area contributed by atoms with Crippen LogP contribution in [0.3, 0.4) is 0 Å². The first kappa shape index (κ1) is 23.3. The molecule has 2 aromatic carbocycles. The van der Waals surface area contributed by atoms with Crippen molar-refractivity contribution in [2.75, 3.05) is 19.3 Å². The van der Waals surface area contributed by atoms with Crippen LogP contribution >= 0.6 is 11.6 Å². The summed E-state index contributed by atoms with van der Waals surface area (Å²) in [5, 5.41) is 11.4. The van der Waals surface area contributed by atoms with Crippen LogP contribution in [0.1, 0.15) is 44.7 Å². The van der Waals surface area contributed by atoms with Gasteiger partial charge in [0.25, 0.3) is 0 Å². The number of sulfone groups is 1. The predicted octanol–water partition coefficient (Wildman–Crippen LogP) is 4.68. The first-order valence-corrected chi connectivity index (χ1v) is 12.7. The smallest absolute Gasteiger partial charge is 0.175 e. The van der Waals surface area contributed by atoms with E-state index in [9.17, 15) is 13.5 Å². The normalized spacial score (nSPS) is 21.7. The van der Waals surface area contributed by atoms with Crippen molar-refractivity contribution in [3.63, 3.8) is 0 Å². The molecule has 2 aromatic rings. The Bertz CT molecular complexity index is 969. The van der Waals surface area contributed by atoms with Crippen LogP contribution < -0.4 is 0 Å². The zero-order valence-electron chi connectivity index (χ0n) is 18.2. The molecule has 30 heavy (non-hydrogen) atoms. The number of likely N-dealkylation sites (tertiary alicyclic amines) is 1. The Morgan fingerprint density at radius 1 is 1.13 bits per heavy atom. The van der Waals surface area contributed by atoms with Gasteiger partial charge in [-0.15, -0.1) is 0 Å². The number of benzene rings is 2. The van der Waals surface area contributed by atoms with E-state index < -0.39 is 15.9 Å². The maximum Gasteiger partial charge on any atom is 0.175 e. The lowest BCUT2D eigenvalue weighted by molar-refractivity contribution is 0.0259. The molecule has 4 nitrogen and oxygen atoms in total. The molecule has 6 heteroatoms. The molecule has 0 saturated carbocycles. The highest BCUT2D eigenvalue weighted by Crippen LogP contribution is 2.43. The van der Waals surface area contributed by atoms with Gasteiger partial charge in [-0.05, 0) is 82.0 Å². The SMILES string of the molecule is CC(O)[C@]1(CCc2ccc(S(C)(=O)=O)cc2)CCN(C(C)(C)c2ccc(Cl)cc2)C1. The maximum absolute atomic E-state index is 11.7. The summed E-state index contributed by atoms with van der Waals surface area (Å²) >= 11 is 6.06. The number of nitrogens with zero attached hydrogens (tertiary/aromatic N) is 1. The van der Waals surface area contributed by atoms with Gasteiger partial charge in [-0.2, -0.15) is 0 Å². The second kappa shape index (κ2) is 8.62. The lowest BCUT2D eigenvalue weighted by atomic mass is 9.76. The van der Waals surface area contributed by atoms with Crippen LogP contribution in [0.25, 0.3) is 0 Å². The molecule has 0 spiro atoms. The summed E-state index contributed by atoms with van der Waals surface area (Å²) in [7, 11) is -3.18. The summed E-state index contributed by atoms with van der Waals surface area (Å²) in [4.78, 5) is 2.80. The number of aliphatic hydroxyl groups excluding tert-OH is 1. The van der Waals surface area contributed by atoms with Gasteiger partial charge in [0.2, 0.25) is 0 Å². The van der Waals surface area contributed by atoms with Gasteiger partial charge < -0.3 is 5.11 Å². The molecule has 0 aromatic heterocycles. The Hall–Kier alpha value is -1.40. The molecule has 3 rings (SSSR count). The van der Waals surface area contributed by atoms with Gasteiger partial charge in [0.1, 0.15) is 0 Å². The number of rotatable bonds is 7. The Balaban J connectivity index is 1.73. The van der Waals surface area contributed by atoms with Gasteiger partial charge >= 0.3 is 0 Å². The Kier molecular flexibility index (Phi) is 6.68. The highest BCUT2D eigenvalue weighted by molar-refractivity contribution is 7.90. The lowest BCUT2D eigenvalue weighted by Gasteiger charge is -2.39. The van der Waals surface area contributed by atoms with Crippen molar-refractivity contribution < 1.29 is 13.5 Å². The van der Waals surface area contributed by atoms with Crippen LogP contribution in [0.4, 0.5) is 0 Å². The molecule has 1 heterocycles. The van der Waals surface area contributed by atoms with E-state index in [-0.39, 0.29) is 11.0 Å². The highest BCUT2D eigenvalue weighted by atomic mass is 35.5. The average molecular weight is 450 g/mol. The molecule has 164 valence electrons. The van der Waals surface area contributed by atoms with Gasteiger partial charge in [0.15, 0.2) is 9.84 Å². The van der Waals surface area contributed by atoms with Crippen molar-refractivity contribution in [3.05, 3.63) is 64.7 Å². The van der Waals surface area contributed by atoms with Crippen LogP contribution in [0.15, 0.2) is 53.4 Å². The molecule has 1 aliphatic heterocycles. The van der Waals surface area contributed by atoms with Gasteiger partial charge in [0, 0.05) is 28.8 Å². The van der Waals surface area contributed by atoms with E-state index in [2.05, 4.69) is 30.9 Å². The van der Waals surface area contributed by atoms with Crippen LogP contribution in [0.2, 0.25) is 5.02 Å². The number of halogens is 1. The number of hydrogen-bond donors (Lipinski definition) is 1. The summed E-state index contributed by atoms with van der Waals surface area (Å²) < 4.78 is 23.3. The Morgan fingerprint density at radius 3 is 2.27 bits per heavy atom. The van der Waals surface area contributed by atoms with Crippen molar-refractivity contribution in [1.29, 1.82) is 0 Å². The topological polar surface area (TPSA) is 57.6 Å². The largest absolute Gasteiger partial charge is 0.393 e. The Labute approximate surface area is 185 Å². The fourth-order valence-corrected chi connectivity index (χ4v) is 5.22. The standard InChI is InChI=1S/C24H32ClNO3S/c1-18(27)24(14-13-19-5-11-22(12-6-19)30(4,28)29)15-16-26(17-24)23(2,3)20-7-9-21(25)10-8-20/h5-12,18,27H,13-17H2,1-4H3/t18?,24-/m1/s1. The van der Waals surface area contributed by atoms with Crippen molar-refractivity contribution in [2.45, 2.75) is 56.6 Å². The molecule has 0 amide bonds. The summed E-state index contributed by atoms with van der Waals surface area (Å²) in [5.74, 6) is 0. The minimum absolute atomic E-state index is 0.154. The first-order valence-electron chi connectivity index (χ1n) is 10.4. The first-order chi connectivity index (χ1) is 13.9. The number of aliphatic hydroxyl groups is 1. The van der Waals surface area contributed by atoms with Gasteiger partial charge in [0.05, 0.1) is 11.0 Å². The Morgan fingerprint density at radius 2 is 1.73 bits per heavy atom. The fourth-order valence-electron chi connectivity index (χ4n) is 4.46. The fraction of sp³-hybridized carbons (Fsp3) is 0.500. The van der Waals surface area contributed by atoms with Gasteiger partial charge in [-0.1, -0.05) is 35.9 Å². The van der Waals surface area contributed by atoms with Crippen molar-refractivity contribution in [2.24, 2.45) is 5.41 Å². The van der Waals surface area contributed by atoms with Crippen LogP contribution in [0, 0.1) is 5.41 Å². The third-order valence-electron chi connectivity index (χ3n) is 6.88. The van der Waals surface area contributed by atoms with Crippen molar-refractivity contribution in [1.82, 2.24) is 4.90 Å². The van der Waals surface area contributed by atoms with E-state index in [1.54, 1.807) is 12.1 Å². The molecule has 0 bridgehead atoms. The summed E-state index contributed by atoms with van der Waals surface area (Å²) in [6.45, 7) is 8.08. The van der Waals surface area contributed by atoms with E-state index in [0.29, 0.717) is 4.90 Å². The molecule has 1 unspecified atom stereocenters. The van der Waals surface area contributed by atoms with E-state index in [1.807, 2.05) is 31.2 Å². The van der Waals surface area contributed by atoms with Crippen molar-refractivity contribution in [3.8, 4) is 0 Å². The molecule has 1 N–H and O–H groups in total. The summed E-state index contributed by atoms with van der Waals surface area (Å²) in [6, 6.07) is 15.1. The maximum atomic E-state index is 11.7. The summed E-state index contributed by atoms with van der Waals surface area (Å²) in [6.07, 6.45) is 3.40. The molecule has 2 atom stereocenters. The highest BCUT2D eigenvalue weighted by Gasteiger charge is 2.45. The second-order valence-corrected chi connectivity index (χ2v) is 11.6. The van der Waals surface area contributed by atoms with Crippen LogP contribution in [-0.4, -0.2) is 43.9 Å². The molecule has 0 aliphatic carbocycles. The molecular weight excluding hydrogens is 418 g/mol. The second-order valence-electron chi connectivity index (χ2n) is 9.19. The van der Waals surface area contributed by atoms with Gasteiger partial charge in [-0.25, -0.2) is 8.42 Å². The predicted molar refractivity (Wildman–Crippen MR) is 123 cm³/mol. The quantitative estimate of drug-likeness (QED) is 0.666. The lowest BCUT2D eigenvalue weighted by Crippen LogP contribution is -2.44. The number of aryl methyl sites for hydroxylation is 1. The van der Waals surface area contributed by atoms with Gasteiger partial charge in [-0.3, -0.25) is 4.90 Å². The molecule has 1 saturated heterocycles. The zero-order chi connectivity index (χ0) is 22.2. The average Bonchev–Trinajstić information content (AvgIpc) is 3.13. The number of hydrogen-bond acceptors (Lipinski definition) is 4. The minimum Gasteiger partial charge on any atom is -0.393 e. The third kappa shape index (κ3) is 4.91. The summed E-state index contributed by atoms with van der Waals surface area (Å²) in [5.41, 5.74) is 1.97. The zero-order valence-corrected chi connectivity index (χ0v) is 19.8. The van der Waals surface area contributed by atoms with Crippen molar-refractivity contribution >= 4 is 21.4 Å². The molecule has 1 aliphatic rings. The van der Waals surface area contributed by atoms with E-state index >= 15 is 0 Å². The molecule has 1 fully saturated rings. The van der Waals surface area contributed by atoms with E-state index in [1.165, 1.54) is 11.8 Å². The van der Waals surface area contributed by atoms with E-state index in [0.717, 1.165) is 42.9 Å².